The lowest BCUT2D eigenvalue weighted by atomic mass is 9.86. The summed E-state index contributed by atoms with van der Waals surface area (Å²) in [7, 11) is 0. The molecule has 0 bridgehead atoms. The molecule has 0 unspecified atom stereocenters. The Hall–Kier alpha value is -1.55. The lowest BCUT2D eigenvalue weighted by Gasteiger charge is -2.33. The van der Waals surface area contributed by atoms with Crippen molar-refractivity contribution >= 4 is 23.4 Å². The number of benzene rings is 1. The molecule has 1 saturated heterocycles. The molecular weight excluding hydrogens is 348 g/mol. The van der Waals surface area contributed by atoms with Gasteiger partial charge in [-0.1, -0.05) is 55.8 Å². The zero-order valence-corrected chi connectivity index (χ0v) is 16.1. The molecule has 1 saturated carbocycles. The van der Waals surface area contributed by atoms with Crippen LogP contribution >= 0.6 is 11.6 Å². The second-order valence-electron chi connectivity index (χ2n) is 7.65. The molecule has 0 spiro atoms. The van der Waals surface area contributed by atoms with Crippen molar-refractivity contribution < 1.29 is 9.59 Å². The average molecular weight is 377 g/mol. The smallest absolute Gasteiger partial charge is 0.253 e. The normalized spacial score (nSPS) is 19.3. The minimum Gasteiger partial charge on any atom is -0.349 e. The van der Waals surface area contributed by atoms with Crippen LogP contribution in [-0.4, -0.2) is 35.8 Å². The van der Waals surface area contributed by atoms with Crippen LogP contribution in [0, 0.1) is 5.92 Å². The number of likely N-dealkylation sites (tertiary alicyclic amines) is 1. The van der Waals surface area contributed by atoms with Crippen molar-refractivity contribution in [2.75, 3.05) is 13.1 Å². The van der Waals surface area contributed by atoms with Crippen LogP contribution in [0.25, 0.3) is 0 Å². The van der Waals surface area contributed by atoms with Gasteiger partial charge in [0.25, 0.3) is 5.91 Å². The van der Waals surface area contributed by atoms with Crippen LogP contribution < -0.4 is 5.32 Å². The van der Waals surface area contributed by atoms with Gasteiger partial charge in [0.2, 0.25) is 5.91 Å². The summed E-state index contributed by atoms with van der Waals surface area (Å²) in [6.07, 6.45) is 9.95. The Morgan fingerprint density at radius 1 is 1.04 bits per heavy atom. The molecule has 5 heteroatoms. The van der Waals surface area contributed by atoms with Crippen molar-refractivity contribution in [1.82, 2.24) is 10.2 Å². The molecule has 2 amide bonds. The first-order chi connectivity index (χ1) is 12.6. The summed E-state index contributed by atoms with van der Waals surface area (Å²) in [6, 6.07) is 7.21. The van der Waals surface area contributed by atoms with Gasteiger partial charge in [-0.3, -0.25) is 9.59 Å². The molecule has 1 N–H and O–H groups in total. The average Bonchev–Trinajstić information content (AvgIpc) is 2.68. The van der Waals surface area contributed by atoms with Crippen molar-refractivity contribution in [2.45, 2.75) is 63.8 Å². The third kappa shape index (κ3) is 5.23. The maximum absolute atomic E-state index is 12.5. The summed E-state index contributed by atoms with van der Waals surface area (Å²) in [5, 5.41) is 3.53. The number of nitrogens with one attached hydrogen (secondary N) is 1. The quantitative estimate of drug-likeness (QED) is 0.826. The van der Waals surface area contributed by atoms with Gasteiger partial charge < -0.3 is 10.2 Å². The number of piperidine rings is 1. The predicted molar refractivity (Wildman–Crippen MR) is 104 cm³/mol. The highest BCUT2D eigenvalue weighted by Gasteiger charge is 2.25. The fourth-order valence-corrected chi connectivity index (χ4v) is 4.36. The zero-order chi connectivity index (χ0) is 18.4. The number of amides is 2. The Balaban J connectivity index is 1.40. The first kappa shape index (κ1) is 19.2. The number of rotatable bonds is 5. The van der Waals surface area contributed by atoms with Gasteiger partial charge >= 0.3 is 0 Å². The maximum atomic E-state index is 12.5. The third-order valence-electron chi connectivity index (χ3n) is 5.79. The van der Waals surface area contributed by atoms with E-state index in [9.17, 15) is 9.59 Å². The lowest BCUT2D eigenvalue weighted by Crippen LogP contribution is -2.46. The first-order valence-corrected chi connectivity index (χ1v) is 10.3. The van der Waals surface area contributed by atoms with E-state index in [4.69, 9.17) is 11.6 Å². The van der Waals surface area contributed by atoms with Gasteiger partial charge in [0.15, 0.2) is 0 Å². The molecule has 4 nitrogen and oxygen atoms in total. The van der Waals surface area contributed by atoms with Crippen LogP contribution in [-0.2, 0) is 4.79 Å². The molecule has 3 rings (SSSR count). The van der Waals surface area contributed by atoms with Crippen molar-refractivity contribution in [3.05, 3.63) is 34.9 Å². The number of nitrogens with zero attached hydrogens (tertiary/aromatic N) is 1. The molecule has 26 heavy (non-hydrogen) atoms. The second-order valence-corrected chi connectivity index (χ2v) is 8.06. The van der Waals surface area contributed by atoms with E-state index >= 15 is 0 Å². The zero-order valence-electron chi connectivity index (χ0n) is 15.4. The largest absolute Gasteiger partial charge is 0.349 e. The fourth-order valence-electron chi connectivity index (χ4n) is 4.14. The lowest BCUT2D eigenvalue weighted by molar-refractivity contribution is -0.132. The van der Waals surface area contributed by atoms with E-state index in [1.165, 1.54) is 32.1 Å². The topological polar surface area (TPSA) is 49.4 Å². The number of hydrogen-bond acceptors (Lipinski definition) is 2. The van der Waals surface area contributed by atoms with Crippen LogP contribution in [0.3, 0.4) is 0 Å². The molecule has 2 fully saturated rings. The van der Waals surface area contributed by atoms with Gasteiger partial charge in [0, 0.05) is 25.6 Å². The van der Waals surface area contributed by atoms with Gasteiger partial charge in [-0.15, -0.1) is 0 Å². The fraction of sp³-hybridized carbons (Fsp3) is 0.619. The predicted octanol–water partition coefficient (Wildman–Crippen LogP) is 4.42. The number of carbonyl (C=O) groups excluding carboxylic acids is 2. The Bertz CT molecular complexity index is 620. The molecule has 142 valence electrons. The van der Waals surface area contributed by atoms with Gasteiger partial charge in [-0.05, 0) is 37.3 Å². The van der Waals surface area contributed by atoms with Gasteiger partial charge in [-0.2, -0.15) is 0 Å². The molecule has 0 radical (unpaired) electrons. The van der Waals surface area contributed by atoms with Gasteiger partial charge in [0.05, 0.1) is 10.6 Å². The van der Waals surface area contributed by atoms with Gasteiger partial charge in [-0.25, -0.2) is 0 Å². The van der Waals surface area contributed by atoms with Crippen LogP contribution in [0.1, 0.15) is 68.1 Å². The number of halogens is 1. The van der Waals surface area contributed by atoms with E-state index in [-0.39, 0.29) is 17.9 Å². The highest BCUT2D eigenvalue weighted by molar-refractivity contribution is 6.33. The molecule has 0 atom stereocenters. The molecule has 1 heterocycles. The van der Waals surface area contributed by atoms with Crippen molar-refractivity contribution in [3.63, 3.8) is 0 Å². The van der Waals surface area contributed by atoms with E-state index in [0.717, 1.165) is 38.3 Å². The Morgan fingerprint density at radius 3 is 2.42 bits per heavy atom. The summed E-state index contributed by atoms with van der Waals surface area (Å²) in [4.78, 5) is 26.8. The van der Waals surface area contributed by atoms with E-state index in [1.54, 1.807) is 12.1 Å². The third-order valence-corrected chi connectivity index (χ3v) is 6.12. The summed E-state index contributed by atoms with van der Waals surface area (Å²) < 4.78 is 0. The van der Waals surface area contributed by atoms with Crippen molar-refractivity contribution in [3.8, 4) is 0 Å². The summed E-state index contributed by atoms with van der Waals surface area (Å²) in [5.41, 5.74) is 0.514. The highest BCUT2D eigenvalue weighted by Crippen LogP contribution is 2.27. The summed E-state index contributed by atoms with van der Waals surface area (Å²) in [5.74, 6) is 0.907. The summed E-state index contributed by atoms with van der Waals surface area (Å²) in [6.45, 7) is 1.47. The molecule has 1 aliphatic carbocycles. The van der Waals surface area contributed by atoms with E-state index in [1.807, 2.05) is 17.0 Å². The number of carbonyl (C=O) groups is 2. The standard InChI is InChI=1S/C21H29ClN2O2/c22-19-9-5-4-8-18(19)21(26)23-17-12-14-24(15-13-17)20(25)11-10-16-6-2-1-3-7-16/h4-5,8-9,16-17H,1-3,6-7,10-15H2,(H,23,26). The molecule has 0 aromatic heterocycles. The molecule has 1 aliphatic heterocycles. The Labute approximate surface area is 161 Å². The molecule has 2 aliphatic rings. The Morgan fingerprint density at radius 2 is 1.73 bits per heavy atom. The highest BCUT2D eigenvalue weighted by atomic mass is 35.5. The summed E-state index contributed by atoms with van der Waals surface area (Å²) >= 11 is 6.09. The van der Waals surface area contributed by atoms with Crippen molar-refractivity contribution in [1.29, 1.82) is 0 Å². The van der Waals surface area contributed by atoms with Gasteiger partial charge in [0.1, 0.15) is 0 Å². The maximum Gasteiger partial charge on any atom is 0.253 e. The number of hydrogen-bond donors (Lipinski definition) is 1. The van der Waals surface area contributed by atoms with Crippen LogP contribution in [0.15, 0.2) is 24.3 Å². The molecule has 1 aromatic rings. The van der Waals surface area contributed by atoms with Crippen LogP contribution in [0.4, 0.5) is 0 Å². The van der Waals surface area contributed by atoms with E-state index in [2.05, 4.69) is 5.32 Å². The minimum atomic E-state index is -0.127. The van der Waals surface area contributed by atoms with Crippen molar-refractivity contribution in [2.24, 2.45) is 5.92 Å². The van der Waals surface area contributed by atoms with Crippen LogP contribution in [0.5, 0.6) is 0 Å². The van der Waals surface area contributed by atoms with E-state index in [0.29, 0.717) is 17.0 Å². The SMILES string of the molecule is O=C(NC1CCN(C(=O)CCC2CCCCC2)CC1)c1ccccc1Cl. The molecular formula is C21H29ClN2O2. The second kappa shape index (κ2) is 9.40. The molecule has 1 aromatic carbocycles. The van der Waals surface area contributed by atoms with E-state index < -0.39 is 0 Å². The first-order valence-electron chi connectivity index (χ1n) is 9.96. The Kier molecular flexibility index (Phi) is 6.95. The van der Waals surface area contributed by atoms with Crippen LogP contribution in [0.2, 0.25) is 5.02 Å². The monoisotopic (exact) mass is 376 g/mol. The minimum absolute atomic E-state index is 0.112.